The van der Waals surface area contributed by atoms with Crippen molar-refractivity contribution in [3.05, 3.63) is 34.9 Å². The molecule has 1 rings (SSSR count). The number of likely N-dealkylation sites (N-methyl/N-ethyl adjacent to an activating group) is 1. The van der Waals surface area contributed by atoms with Crippen LogP contribution in [-0.2, 0) is 19.6 Å². The topological polar surface area (TPSA) is 83.9 Å². The van der Waals surface area contributed by atoms with E-state index in [0.29, 0.717) is 5.56 Å². The van der Waals surface area contributed by atoms with Crippen LogP contribution >= 0.6 is 11.6 Å². The van der Waals surface area contributed by atoms with E-state index in [9.17, 15) is 13.2 Å². The highest BCUT2D eigenvalue weighted by molar-refractivity contribution is 7.89. The summed E-state index contributed by atoms with van der Waals surface area (Å²) in [6.07, 6.45) is 2.28. The van der Waals surface area contributed by atoms with Crippen molar-refractivity contribution in [3.8, 4) is 0 Å². The van der Waals surface area contributed by atoms with Gasteiger partial charge in [0.2, 0.25) is 10.0 Å². The molecule has 0 amide bonds. The normalized spacial score (nSPS) is 12.2. The second kappa shape index (κ2) is 7.56. The highest BCUT2D eigenvalue weighted by Gasteiger charge is 2.23. The number of benzene rings is 1. The third kappa shape index (κ3) is 4.82. The summed E-state index contributed by atoms with van der Waals surface area (Å²) in [4.78, 5) is 10.4. The predicted octanol–water partition coefficient (Wildman–Crippen LogP) is 1.70. The van der Waals surface area contributed by atoms with E-state index in [0.717, 1.165) is 10.4 Å². The van der Waals surface area contributed by atoms with E-state index in [1.165, 1.54) is 38.4 Å². The smallest absolute Gasteiger partial charge is 0.328 e. The minimum atomic E-state index is -3.71. The van der Waals surface area contributed by atoms with Crippen LogP contribution in [0.5, 0.6) is 0 Å². The Morgan fingerprint density at radius 2 is 2.14 bits per heavy atom. The molecule has 0 atom stereocenters. The third-order valence-corrected chi connectivity index (χ3v) is 5.01. The average molecular weight is 334 g/mol. The number of nitrogens with zero attached hydrogens (tertiary/aromatic N) is 1. The average Bonchev–Trinajstić information content (AvgIpc) is 2.42. The maximum absolute atomic E-state index is 12.3. The highest BCUT2D eigenvalue weighted by atomic mass is 35.5. The van der Waals surface area contributed by atoms with E-state index in [-0.39, 0.29) is 23.1 Å². The van der Waals surface area contributed by atoms with Crippen molar-refractivity contribution >= 4 is 33.7 Å². The monoisotopic (exact) mass is 333 g/mol. The molecule has 6 nitrogen and oxygen atoms in total. The summed E-state index contributed by atoms with van der Waals surface area (Å²) >= 11 is 5.99. The number of carboxylic acid groups (broad SMARTS) is 1. The standard InChI is InChI=1S/C13H16ClNO5S/c1-15(7-8-20-2)21(18,19)12-5-3-10(9-11(12)14)4-6-13(16)17/h3-6,9H,7-8H2,1-2H3,(H,16,17). The van der Waals surface area contributed by atoms with Gasteiger partial charge in [0.05, 0.1) is 11.6 Å². The first-order chi connectivity index (χ1) is 9.78. The number of methoxy groups -OCH3 is 1. The fraction of sp³-hybridized carbons (Fsp3) is 0.308. The Kier molecular flexibility index (Phi) is 6.35. The molecule has 1 aromatic carbocycles. The lowest BCUT2D eigenvalue weighted by Gasteiger charge is -2.17. The maximum Gasteiger partial charge on any atom is 0.328 e. The molecule has 1 N–H and O–H groups in total. The lowest BCUT2D eigenvalue weighted by molar-refractivity contribution is -0.131. The van der Waals surface area contributed by atoms with Crippen molar-refractivity contribution in [2.45, 2.75) is 4.90 Å². The molecular formula is C13H16ClNO5S. The van der Waals surface area contributed by atoms with Crippen LogP contribution in [0.3, 0.4) is 0 Å². The van der Waals surface area contributed by atoms with Gasteiger partial charge in [-0.2, -0.15) is 4.31 Å². The number of carbonyl (C=O) groups is 1. The van der Waals surface area contributed by atoms with Crippen molar-refractivity contribution in [2.24, 2.45) is 0 Å². The van der Waals surface area contributed by atoms with Crippen LogP contribution in [0.1, 0.15) is 5.56 Å². The van der Waals surface area contributed by atoms with Crippen molar-refractivity contribution in [1.29, 1.82) is 0 Å². The Bertz CT molecular complexity index is 642. The first kappa shape index (κ1) is 17.6. The molecule has 1 aromatic rings. The molecule has 0 fully saturated rings. The lowest BCUT2D eigenvalue weighted by Crippen LogP contribution is -2.30. The second-order valence-electron chi connectivity index (χ2n) is 4.18. The van der Waals surface area contributed by atoms with E-state index in [2.05, 4.69) is 0 Å². The quantitative estimate of drug-likeness (QED) is 0.768. The number of hydrogen-bond donors (Lipinski definition) is 1. The van der Waals surface area contributed by atoms with E-state index in [4.69, 9.17) is 21.4 Å². The molecule has 8 heteroatoms. The molecule has 116 valence electrons. The van der Waals surface area contributed by atoms with Crippen LogP contribution in [0.25, 0.3) is 6.08 Å². The molecule has 0 bridgehead atoms. The first-order valence-electron chi connectivity index (χ1n) is 5.95. The van der Waals surface area contributed by atoms with Crippen LogP contribution < -0.4 is 0 Å². The Morgan fingerprint density at radius 3 is 2.67 bits per heavy atom. The van der Waals surface area contributed by atoms with Crippen molar-refractivity contribution in [1.82, 2.24) is 4.31 Å². The minimum absolute atomic E-state index is 0.0322. The largest absolute Gasteiger partial charge is 0.478 e. The van der Waals surface area contributed by atoms with Gasteiger partial charge in [-0.25, -0.2) is 13.2 Å². The zero-order chi connectivity index (χ0) is 16.0. The molecular weight excluding hydrogens is 318 g/mol. The molecule has 0 unspecified atom stereocenters. The summed E-state index contributed by atoms with van der Waals surface area (Å²) < 4.78 is 30.6. The lowest BCUT2D eigenvalue weighted by atomic mass is 10.2. The van der Waals surface area contributed by atoms with Gasteiger partial charge in [0.25, 0.3) is 0 Å². The van der Waals surface area contributed by atoms with E-state index >= 15 is 0 Å². The predicted molar refractivity (Wildman–Crippen MR) is 79.8 cm³/mol. The van der Waals surface area contributed by atoms with Crippen LogP contribution in [-0.4, -0.2) is 51.1 Å². The van der Waals surface area contributed by atoms with Gasteiger partial charge in [0.15, 0.2) is 0 Å². The summed E-state index contributed by atoms with van der Waals surface area (Å²) in [5, 5.41) is 8.58. The second-order valence-corrected chi connectivity index (χ2v) is 6.60. The van der Waals surface area contributed by atoms with Gasteiger partial charge in [-0.1, -0.05) is 17.7 Å². The highest BCUT2D eigenvalue weighted by Crippen LogP contribution is 2.25. The zero-order valence-corrected chi connectivity index (χ0v) is 13.2. The van der Waals surface area contributed by atoms with Gasteiger partial charge < -0.3 is 9.84 Å². The summed E-state index contributed by atoms with van der Waals surface area (Å²) in [6, 6.07) is 4.24. The summed E-state index contributed by atoms with van der Waals surface area (Å²) in [7, 11) is -0.792. The Hall–Kier alpha value is -1.41. The minimum Gasteiger partial charge on any atom is -0.478 e. The summed E-state index contributed by atoms with van der Waals surface area (Å²) in [5.74, 6) is -1.10. The number of hydrogen-bond acceptors (Lipinski definition) is 4. The summed E-state index contributed by atoms with van der Waals surface area (Å²) in [5.41, 5.74) is 0.501. The molecule has 0 heterocycles. The van der Waals surface area contributed by atoms with Crippen molar-refractivity contribution in [3.63, 3.8) is 0 Å². The maximum atomic E-state index is 12.3. The number of sulfonamides is 1. The number of rotatable bonds is 7. The molecule has 0 aliphatic rings. The van der Waals surface area contributed by atoms with Crippen LogP contribution in [0.15, 0.2) is 29.2 Å². The van der Waals surface area contributed by atoms with Crippen LogP contribution in [0.2, 0.25) is 5.02 Å². The Balaban J connectivity index is 3.06. The van der Waals surface area contributed by atoms with Gasteiger partial charge in [-0.3, -0.25) is 0 Å². The number of aliphatic carboxylic acids is 1. The number of ether oxygens (including phenoxy) is 1. The van der Waals surface area contributed by atoms with Gasteiger partial charge >= 0.3 is 5.97 Å². The SMILES string of the molecule is COCCN(C)S(=O)(=O)c1ccc(C=CC(=O)O)cc1Cl. The van der Waals surface area contributed by atoms with Crippen LogP contribution in [0.4, 0.5) is 0 Å². The molecule has 0 radical (unpaired) electrons. The molecule has 21 heavy (non-hydrogen) atoms. The molecule has 0 saturated carbocycles. The van der Waals surface area contributed by atoms with Gasteiger partial charge in [-0.15, -0.1) is 0 Å². The number of halogens is 1. The fourth-order valence-corrected chi connectivity index (χ4v) is 3.18. The zero-order valence-electron chi connectivity index (χ0n) is 11.6. The molecule has 0 spiro atoms. The Labute approximate surface area is 128 Å². The number of carboxylic acids is 1. The summed E-state index contributed by atoms with van der Waals surface area (Å²) in [6.45, 7) is 0.475. The van der Waals surface area contributed by atoms with Gasteiger partial charge in [0.1, 0.15) is 4.90 Å². The van der Waals surface area contributed by atoms with E-state index < -0.39 is 16.0 Å². The fourth-order valence-electron chi connectivity index (χ4n) is 1.51. The van der Waals surface area contributed by atoms with Gasteiger partial charge in [0, 0.05) is 26.8 Å². The first-order valence-corrected chi connectivity index (χ1v) is 7.76. The van der Waals surface area contributed by atoms with Crippen LogP contribution in [0, 0.1) is 0 Å². The third-order valence-electron chi connectivity index (χ3n) is 2.67. The molecule has 0 saturated heterocycles. The molecule has 0 aliphatic heterocycles. The van der Waals surface area contributed by atoms with Crippen molar-refractivity contribution < 1.29 is 23.1 Å². The Morgan fingerprint density at radius 1 is 1.48 bits per heavy atom. The van der Waals surface area contributed by atoms with E-state index in [1.807, 2.05) is 0 Å². The van der Waals surface area contributed by atoms with E-state index in [1.54, 1.807) is 0 Å². The molecule has 0 aliphatic carbocycles. The molecule has 0 aromatic heterocycles. The van der Waals surface area contributed by atoms with Crippen molar-refractivity contribution in [2.75, 3.05) is 27.3 Å². The van der Waals surface area contributed by atoms with Gasteiger partial charge in [-0.05, 0) is 23.8 Å².